The molecule has 0 bridgehead atoms. The highest BCUT2D eigenvalue weighted by atomic mass is 19.1. The summed E-state index contributed by atoms with van der Waals surface area (Å²) in [6, 6.07) is 6.43. The molecule has 0 radical (unpaired) electrons. The molecule has 0 saturated heterocycles. The zero-order chi connectivity index (χ0) is 21.9. The van der Waals surface area contributed by atoms with Crippen LogP contribution in [0.25, 0.3) is 0 Å². The fourth-order valence-corrected chi connectivity index (χ4v) is 4.64. The summed E-state index contributed by atoms with van der Waals surface area (Å²) in [5.74, 6) is -0.395. The van der Waals surface area contributed by atoms with E-state index >= 15 is 0 Å². The van der Waals surface area contributed by atoms with Gasteiger partial charge in [0.2, 0.25) is 0 Å². The van der Waals surface area contributed by atoms with Gasteiger partial charge in [0.1, 0.15) is 5.82 Å². The second kappa shape index (κ2) is 13.0. The average Bonchev–Trinajstić information content (AvgIpc) is 2.99. The van der Waals surface area contributed by atoms with Crippen LogP contribution in [-0.2, 0) is 16.0 Å². The predicted molar refractivity (Wildman–Crippen MR) is 113 cm³/mol. The van der Waals surface area contributed by atoms with Gasteiger partial charge in [-0.25, -0.2) is 4.39 Å². The van der Waals surface area contributed by atoms with Gasteiger partial charge in [-0.15, -0.1) is 0 Å². The SMILES string of the molecule is COC(=O)CCCCCCC1C(O)CC(O)C1CCC(O)CCc1cccc(F)c1. The Morgan fingerprint density at radius 3 is 2.50 bits per heavy atom. The average molecular weight is 425 g/mol. The summed E-state index contributed by atoms with van der Waals surface area (Å²) in [4.78, 5) is 11.1. The Labute approximate surface area is 179 Å². The molecular weight excluding hydrogens is 387 g/mol. The first-order chi connectivity index (χ1) is 14.4. The number of hydrogen-bond donors (Lipinski definition) is 3. The maximum absolute atomic E-state index is 13.3. The molecule has 5 unspecified atom stereocenters. The molecular formula is C24H37FO5. The first-order valence-corrected chi connectivity index (χ1v) is 11.3. The molecule has 1 saturated carbocycles. The number of unbranched alkanes of at least 4 members (excludes halogenated alkanes) is 3. The Balaban J connectivity index is 1.69. The predicted octanol–water partition coefficient (Wildman–Crippen LogP) is 3.77. The summed E-state index contributed by atoms with van der Waals surface area (Å²) < 4.78 is 17.9. The van der Waals surface area contributed by atoms with Gasteiger partial charge in [-0.1, -0.05) is 31.4 Å². The fourth-order valence-electron chi connectivity index (χ4n) is 4.64. The van der Waals surface area contributed by atoms with E-state index in [-0.39, 0.29) is 23.6 Å². The minimum absolute atomic E-state index is 0.00103. The van der Waals surface area contributed by atoms with E-state index in [0.29, 0.717) is 38.5 Å². The molecule has 30 heavy (non-hydrogen) atoms. The van der Waals surface area contributed by atoms with Gasteiger partial charge in [0, 0.05) is 6.42 Å². The third-order valence-electron chi connectivity index (χ3n) is 6.41. The number of benzene rings is 1. The number of halogens is 1. The lowest BCUT2D eigenvalue weighted by molar-refractivity contribution is -0.140. The second-order valence-electron chi connectivity index (χ2n) is 8.63. The van der Waals surface area contributed by atoms with E-state index in [2.05, 4.69) is 4.74 Å². The molecule has 5 nitrogen and oxygen atoms in total. The maximum Gasteiger partial charge on any atom is 0.305 e. The van der Waals surface area contributed by atoms with Gasteiger partial charge in [0.05, 0.1) is 25.4 Å². The number of esters is 1. The van der Waals surface area contributed by atoms with Crippen molar-refractivity contribution in [2.45, 2.75) is 88.9 Å². The van der Waals surface area contributed by atoms with Crippen LogP contribution in [0.3, 0.4) is 0 Å². The number of aliphatic hydroxyl groups excluding tert-OH is 3. The lowest BCUT2D eigenvalue weighted by atomic mass is 9.84. The molecule has 1 aliphatic carbocycles. The molecule has 0 amide bonds. The highest BCUT2D eigenvalue weighted by molar-refractivity contribution is 5.68. The molecule has 170 valence electrons. The Kier molecular flexibility index (Phi) is 10.8. The van der Waals surface area contributed by atoms with Crippen LogP contribution in [0.2, 0.25) is 0 Å². The topological polar surface area (TPSA) is 87.0 Å². The number of methoxy groups -OCH3 is 1. The number of aryl methyl sites for hydroxylation is 1. The van der Waals surface area contributed by atoms with Gasteiger partial charge >= 0.3 is 5.97 Å². The molecule has 1 fully saturated rings. The van der Waals surface area contributed by atoms with Crippen molar-refractivity contribution in [3.63, 3.8) is 0 Å². The van der Waals surface area contributed by atoms with Crippen molar-refractivity contribution in [1.82, 2.24) is 0 Å². The highest BCUT2D eigenvalue weighted by Gasteiger charge is 2.40. The van der Waals surface area contributed by atoms with Crippen molar-refractivity contribution in [3.8, 4) is 0 Å². The molecule has 0 aliphatic heterocycles. The van der Waals surface area contributed by atoms with E-state index in [0.717, 1.165) is 37.7 Å². The van der Waals surface area contributed by atoms with Crippen LogP contribution in [0.1, 0.15) is 69.8 Å². The normalized spacial score (nSPS) is 24.7. The molecule has 0 spiro atoms. The Hall–Kier alpha value is -1.50. The van der Waals surface area contributed by atoms with E-state index in [1.807, 2.05) is 6.07 Å². The molecule has 1 aromatic carbocycles. The first kappa shape index (κ1) is 24.8. The fraction of sp³-hybridized carbons (Fsp3) is 0.708. The summed E-state index contributed by atoms with van der Waals surface area (Å²) in [7, 11) is 1.40. The van der Waals surface area contributed by atoms with Gasteiger partial charge in [0.15, 0.2) is 0 Å². The Morgan fingerprint density at radius 2 is 1.80 bits per heavy atom. The quantitative estimate of drug-likeness (QED) is 0.331. The van der Waals surface area contributed by atoms with E-state index in [1.54, 1.807) is 6.07 Å². The number of aliphatic hydroxyl groups is 3. The molecule has 6 heteroatoms. The van der Waals surface area contributed by atoms with Crippen molar-refractivity contribution in [2.24, 2.45) is 11.8 Å². The minimum atomic E-state index is -0.528. The number of carbonyl (C=O) groups is 1. The standard InChI is InChI=1S/C24H37FO5/c1-30-24(29)10-5-3-2-4-9-20-21(23(28)16-22(20)27)14-13-19(26)12-11-17-7-6-8-18(25)15-17/h6-8,15,19-23,26-28H,2-5,9-14,16H2,1H3. The van der Waals surface area contributed by atoms with E-state index in [4.69, 9.17) is 0 Å². The number of rotatable bonds is 13. The first-order valence-electron chi connectivity index (χ1n) is 11.3. The molecule has 1 aliphatic rings. The van der Waals surface area contributed by atoms with E-state index < -0.39 is 18.3 Å². The number of carbonyl (C=O) groups excluding carboxylic acids is 1. The maximum atomic E-state index is 13.3. The van der Waals surface area contributed by atoms with Crippen LogP contribution in [0, 0.1) is 17.7 Å². The molecule has 0 heterocycles. The van der Waals surface area contributed by atoms with Gasteiger partial charge < -0.3 is 20.1 Å². The van der Waals surface area contributed by atoms with E-state index in [1.165, 1.54) is 19.2 Å². The summed E-state index contributed by atoms with van der Waals surface area (Å²) >= 11 is 0. The number of ether oxygens (including phenoxy) is 1. The van der Waals surface area contributed by atoms with Gasteiger partial charge in [-0.2, -0.15) is 0 Å². The largest absolute Gasteiger partial charge is 0.469 e. The summed E-state index contributed by atoms with van der Waals surface area (Å²) in [5, 5.41) is 31.1. The molecule has 0 aromatic heterocycles. The van der Waals surface area contributed by atoms with Crippen LogP contribution >= 0.6 is 0 Å². The lowest BCUT2D eigenvalue weighted by Gasteiger charge is -2.24. The Bertz CT molecular complexity index is 638. The van der Waals surface area contributed by atoms with Crippen LogP contribution in [0.15, 0.2) is 24.3 Å². The van der Waals surface area contributed by atoms with Crippen molar-refractivity contribution >= 4 is 5.97 Å². The zero-order valence-electron chi connectivity index (χ0n) is 18.0. The summed E-state index contributed by atoms with van der Waals surface area (Å²) in [6.07, 6.45) is 6.27. The molecule has 2 rings (SSSR count). The smallest absolute Gasteiger partial charge is 0.305 e. The summed E-state index contributed by atoms with van der Waals surface area (Å²) in [5.41, 5.74) is 0.871. The van der Waals surface area contributed by atoms with Crippen LogP contribution < -0.4 is 0 Å². The van der Waals surface area contributed by atoms with Crippen molar-refractivity contribution in [1.29, 1.82) is 0 Å². The van der Waals surface area contributed by atoms with Crippen molar-refractivity contribution in [3.05, 3.63) is 35.6 Å². The van der Waals surface area contributed by atoms with Crippen molar-refractivity contribution < 1.29 is 29.2 Å². The Morgan fingerprint density at radius 1 is 1.10 bits per heavy atom. The molecule has 5 atom stereocenters. The van der Waals surface area contributed by atoms with Crippen LogP contribution in [-0.4, -0.2) is 46.7 Å². The van der Waals surface area contributed by atoms with E-state index in [9.17, 15) is 24.5 Å². The monoisotopic (exact) mass is 424 g/mol. The third kappa shape index (κ3) is 8.32. The van der Waals surface area contributed by atoms with Gasteiger partial charge in [-0.3, -0.25) is 4.79 Å². The highest BCUT2D eigenvalue weighted by Crippen LogP contribution is 2.39. The second-order valence-corrected chi connectivity index (χ2v) is 8.63. The lowest BCUT2D eigenvalue weighted by Crippen LogP contribution is -2.24. The minimum Gasteiger partial charge on any atom is -0.469 e. The third-order valence-corrected chi connectivity index (χ3v) is 6.41. The summed E-state index contributed by atoms with van der Waals surface area (Å²) in [6.45, 7) is 0. The van der Waals surface area contributed by atoms with Crippen molar-refractivity contribution in [2.75, 3.05) is 7.11 Å². The number of hydrogen-bond acceptors (Lipinski definition) is 5. The molecule has 3 N–H and O–H groups in total. The van der Waals surface area contributed by atoms with Gasteiger partial charge in [0.25, 0.3) is 0 Å². The molecule has 1 aromatic rings. The van der Waals surface area contributed by atoms with Gasteiger partial charge in [-0.05, 0) is 74.5 Å². The van der Waals surface area contributed by atoms with Crippen LogP contribution in [0.5, 0.6) is 0 Å². The zero-order valence-corrected chi connectivity index (χ0v) is 18.0. The van der Waals surface area contributed by atoms with Crippen LogP contribution in [0.4, 0.5) is 4.39 Å².